The van der Waals surface area contributed by atoms with E-state index in [-0.39, 0.29) is 17.3 Å². The monoisotopic (exact) mass is 330 g/mol. The van der Waals surface area contributed by atoms with Gasteiger partial charge in [-0.25, -0.2) is 14.4 Å². The molecule has 3 aromatic rings. The maximum Gasteiger partial charge on any atom is 0.234 e. The van der Waals surface area contributed by atoms with Crippen molar-refractivity contribution in [2.24, 2.45) is 0 Å². The molecule has 118 valence electrons. The number of amides is 1. The van der Waals surface area contributed by atoms with E-state index in [9.17, 15) is 9.18 Å². The Balaban J connectivity index is 1.71. The van der Waals surface area contributed by atoms with E-state index in [2.05, 4.69) is 15.3 Å². The lowest BCUT2D eigenvalue weighted by Crippen LogP contribution is -2.15. The van der Waals surface area contributed by atoms with Gasteiger partial charge in [0.15, 0.2) is 10.8 Å². The predicted octanol–water partition coefficient (Wildman–Crippen LogP) is 3.32. The fourth-order valence-electron chi connectivity index (χ4n) is 2.21. The minimum absolute atomic E-state index is 0.150. The van der Waals surface area contributed by atoms with Gasteiger partial charge >= 0.3 is 0 Å². The lowest BCUT2D eigenvalue weighted by Gasteiger charge is -2.07. The highest BCUT2D eigenvalue weighted by atomic mass is 32.2. The highest BCUT2D eigenvalue weighted by Crippen LogP contribution is 2.23. The van der Waals surface area contributed by atoms with Crippen LogP contribution in [0.3, 0.4) is 0 Å². The number of anilines is 1. The summed E-state index contributed by atoms with van der Waals surface area (Å²) in [6.07, 6.45) is 1.72. The lowest BCUT2D eigenvalue weighted by molar-refractivity contribution is -0.113. The summed E-state index contributed by atoms with van der Waals surface area (Å²) in [5, 5.41) is 3.29. The number of para-hydroxylation sites is 1. The number of imidazole rings is 1. The molecule has 2 heterocycles. The standard InChI is InChI=1S/C16H15FN4OS/c1-2-21-15-13(8-5-9-18-15)20-16(21)23-10-14(22)19-12-7-4-3-6-11(12)17/h3-9H,2,10H2,1H3,(H,19,22). The number of aromatic nitrogens is 3. The number of fused-ring (bicyclic) bond motifs is 1. The molecule has 0 aliphatic rings. The van der Waals surface area contributed by atoms with E-state index in [0.29, 0.717) is 6.54 Å². The molecule has 0 radical (unpaired) electrons. The Labute approximate surface area is 136 Å². The lowest BCUT2D eigenvalue weighted by atomic mass is 10.3. The molecule has 2 aromatic heterocycles. The number of benzene rings is 1. The van der Waals surface area contributed by atoms with Crippen LogP contribution in [0, 0.1) is 5.82 Å². The summed E-state index contributed by atoms with van der Waals surface area (Å²) in [7, 11) is 0. The normalized spacial score (nSPS) is 10.9. The van der Waals surface area contributed by atoms with E-state index in [4.69, 9.17) is 0 Å². The molecule has 1 N–H and O–H groups in total. The summed E-state index contributed by atoms with van der Waals surface area (Å²) >= 11 is 1.31. The maximum atomic E-state index is 13.5. The van der Waals surface area contributed by atoms with Crippen LogP contribution in [0.25, 0.3) is 11.2 Å². The zero-order chi connectivity index (χ0) is 16.2. The number of thioether (sulfide) groups is 1. The summed E-state index contributed by atoms with van der Waals surface area (Å²) < 4.78 is 15.5. The predicted molar refractivity (Wildman–Crippen MR) is 89.0 cm³/mol. The number of pyridine rings is 1. The molecule has 23 heavy (non-hydrogen) atoms. The van der Waals surface area contributed by atoms with Crippen molar-refractivity contribution in [2.75, 3.05) is 11.1 Å². The first-order valence-electron chi connectivity index (χ1n) is 7.17. The van der Waals surface area contributed by atoms with E-state index >= 15 is 0 Å². The number of nitrogens with one attached hydrogen (secondary N) is 1. The van der Waals surface area contributed by atoms with Gasteiger partial charge in [-0.1, -0.05) is 23.9 Å². The summed E-state index contributed by atoms with van der Waals surface area (Å²) in [6.45, 7) is 2.71. The summed E-state index contributed by atoms with van der Waals surface area (Å²) in [4.78, 5) is 20.8. The van der Waals surface area contributed by atoms with E-state index in [1.165, 1.54) is 23.9 Å². The molecule has 0 saturated carbocycles. The number of carbonyl (C=O) groups excluding carboxylic acids is 1. The van der Waals surface area contributed by atoms with E-state index in [1.54, 1.807) is 18.3 Å². The molecule has 0 fully saturated rings. The molecular weight excluding hydrogens is 315 g/mol. The maximum absolute atomic E-state index is 13.5. The second-order valence-electron chi connectivity index (χ2n) is 4.80. The summed E-state index contributed by atoms with van der Waals surface area (Å²) in [6, 6.07) is 9.81. The molecule has 0 spiro atoms. The van der Waals surface area contributed by atoms with Gasteiger partial charge in [-0.15, -0.1) is 0 Å². The third-order valence-electron chi connectivity index (χ3n) is 3.27. The van der Waals surface area contributed by atoms with Gasteiger partial charge < -0.3 is 9.88 Å². The quantitative estimate of drug-likeness (QED) is 0.729. The molecule has 0 atom stereocenters. The SMILES string of the molecule is CCn1c(SCC(=O)Nc2ccccc2F)nc2cccnc21. The second-order valence-corrected chi connectivity index (χ2v) is 5.74. The molecule has 1 amide bonds. The smallest absolute Gasteiger partial charge is 0.234 e. The van der Waals surface area contributed by atoms with E-state index in [0.717, 1.165) is 16.3 Å². The molecule has 0 unspecified atom stereocenters. The van der Waals surface area contributed by atoms with Gasteiger partial charge in [0.05, 0.1) is 11.4 Å². The van der Waals surface area contributed by atoms with Crippen molar-refractivity contribution < 1.29 is 9.18 Å². The molecular formula is C16H15FN4OS. The zero-order valence-electron chi connectivity index (χ0n) is 12.5. The third-order valence-corrected chi connectivity index (χ3v) is 4.24. The average molecular weight is 330 g/mol. The minimum Gasteiger partial charge on any atom is -0.323 e. The molecule has 0 aliphatic carbocycles. The second kappa shape index (κ2) is 6.78. The first-order valence-corrected chi connectivity index (χ1v) is 8.16. The van der Waals surface area contributed by atoms with E-state index in [1.807, 2.05) is 23.6 Å². The van der Waals surface area contributed by atoms with Gasteiger partial charge in [0.1, 0.15) is 11.3 Å². The van der Waals surface area contributed by atoms with Crippen molar-refractivity contribution in [3.05, 3.63) is 48.4 Å². The Morgan fingerprint density at radius 1 is 1.30 bits per heavy atom. The van der Waals surface area contributed by atoms with Crippen LogP contribution in [0.2, 0.25) is 0 Å². The highest BCUT2D eigenvalue weighted by molar-refractivity contribution is 7.99. The Morgan fingerprint density at radius 2 is 2.13 bits per heavy atom. The Hall–Kier alpha value is -2.41. The van der Waals surface area contributed by atoms with Crippen LogP contribution >= 0.6 is 11.8 Å². The fourth-order valence-corrected chi connectivity index (χ4v) is 3.08. The van der Waals surface area contributed by atoms with Gasteiger partial charge in [0.2, 0.25) is 5.91 Å². The topological polar surface area (TPSA) is 59.8 Å². The molecule has 7 heteroatoms. The minimum atomic E-state index is -0.448. The van der Waals surface area contributed by atoms with Crippen LogP contribution in [0.15, 0.2) is 47.8 Å². The van der Waals surface area contributed by atoms with E-state index < -0.39 is 5.82 Å². The van der Waals surface area contributed by atoms with Crippen molar-refractivity contribution in [1.29, 1.82) is 0 Å². The molecule has 0 bridgehead atoms. The first-order chi connectivity index (χ1) is 11.2. The molecule has 3 rings (SSSR count). The van der Waals surface area contributed by atoms with Crippen LogP contribution in [-0.2, 0) is 11.3 Å². The van der Waals surface area contributed by atoms with Gasteiger partial charge in [0.25, 0.3) is 0 Å². The Morgan fingerprint density at radius 3 is 2.91 bits per heavy atom. The number of carbonyl (C=O) groups is 1. The number of rotatable bonds is 5. The van der Waals surface area contributed by atoms with Crippen LogP contribution in [-0.4, -0.2) is 26.2 Å². The Kier molecular flexibility index (Phi) is 4.57. The van der Waals surface area contributed by atoms with Gasteiger partial charge in [0, 0.05) is 12.7 Å². The van der Waals surface area contributed by atoms with Crippen LogP contribution in [0.5, 0.6) is 0 Å². The molecule has 0 saturated heterocycles. The number of aryl methyl sites for hydroxylation is 1. The van der Waals surface area contributed by atoms with Crippen LogP contribution in [0.4, 0.5) is 10.1 Å². The third kappa shape index (κ3) is 3.34. The highest BCUT2D eigenvalue weighted by Gasteiger charge is 2.13. The molecule has 0 aliphatic heterocycles. The van der Waals surface area contributed by atoms with Crippen molar-refractivity contribution in [2.45, 2.75) is 18.6 Å². The first kappa shape index (κ1) is 15.5. The fraction of sp³-hybridized carbons (Fsp3) is 0.188. The van der Waals surface area contributed by atoms with Crippen molar-refractivity contribution >= 4 is 34.5 Å². The number of hydrogen-bond acceptors (Lipinski definition) is 4. The summed E-state index contributed by atoms with van der Waals surface area (Å²) in [5.74, 6) is -0.573. The van der Waals surface area contributed by atoms with Crippen LogP contribution < -0.4 is 5.32 Å². The van der Waals surface area contributed by atoms with Gasteiger partial charge in [-0.2, -0.15) is 0 Å². The molecule has 1 aromatic carbocycles. The summed E-state index contributed by atoms with van der Waals surface area (Å²) in [5.41, 5.74) is 1.78. The number of halogens is 1. The van der Waals surface area contributed by atoms with Crippen molar-refractivity contribution in [1.82, 2.24) is 14.5 Å². The number of hydrogen-bond donors (Lipinski definition) is 1. The van der Waals surface area contributed by atoms with Crippen molar-refractivity contribution in [3.63, 3.8) is 0 Å². The van der Waals surface area contributed by atoms with Gasteiger partial charge in [-0.05, 0) is 31.2 Å². The number of nitrogens with zero attached hydrogens (tertiary/aromatic N) is 3. The zero-order valence-corrected chi connectivity index (χ0v) is 13.3. The van der Waals surface area contributed by atoms with Gasteiger partial charge in [-0.3, -0.25) is 4.79 Å². The van der Waals surface area contributed by atoms with Crippen LogP contribution in [0.1, 0.15) is 6.92 Å². The Bertz CT molecular complexity index is 849. The molecule has 5 nitrogen and oxygen atoms in total. The van der Waals surface area contributed by atoms with Crippen molar-refractivity contribution in [3.8, 4) is 0 Å². The largest absolute Gasteiger partial charge is 0.323 e. The average Bonchev–Trinajstić information content (AvgIpc) is 2.92.